The molecule has 1 saturated carbocycles. The van der Waals surface area contributed by atoms with Crippen LogP contribution in [0.3, 0.4) is 0 Å². The van der Waals surface area contributed by atoms with Gasteiger partial charge in [-0.2, -0.15) is 18.3 Å². The molecule has 2 heterocycles. The second-order valence-corrected chi connectivity index (χ2v) is 7.80. The third-order valence-corrected chi connectivity index (χ3v) is 5.50. The van der Waals surface area contributed by atoms with Crippen LogP contribution in [0.4, 0.5) is 23.2 Å². The SMILES string of the molecule is Cc1[nH]ncc1C(=O)N[C@@H]1CCC[C@H](Nc2cc(C(F)(F)F)nc3ccc(F)cc23)C1. The smallest absolute Gasteiger partial charge is 0.382 e. The highest BCUT2D eigenvalue weighted by Gasteiger charge is 2.34. The third-order valence-electron chi connectivity index (χ3n) is 5.50. The van der Waals surface area contributed by atoms with Crippen molar-refractivity contribution in [1.82, 2.24) is 20.5 Å². The minimum atomic E-state index is -4.62. The summed E-state index contributed by atoms with van der Waals surface area (Å²) in [5, 5.41) is 13.0. The third kappa shape index (κ3) is 4.62. The number of rotatable bonds is 4. The van der Waals surface area contributed by atoms with Crippen molar-refractivity contribution in [2.45, 2.75) is 50.9 Å². The number of alkyl halides is 3. The number of aromatic amines is 1. The van der Waals surface area contributed by atoms with Gasteiger partial charge < -0.3 is 10.6 Å². The first-order chi connectivity index (χ1) is 14.7. The Kier molecular flexibility index (Phi) is 5.55. The van der Waals surface area contributed by atoms with Gasteiger partial charge in [-0.1, -0.05) is 0 Å². The lowest BCUT2D eigenvalue weighted by Crippen LogP contribution is -2.42. The summed E-state index contributed by atoms with van der Waals surface area (Å²) < 4.78 is 53.7. The van der Waals surface area contributed by atoms with Crippen molar-refractivity contribution in [2.75, 3.05) is 5.32 Å². The van der Waals surface area contributed by atoms with Gasteiger partial charge in [0.15, 0.2) is 0 Å². The lowest BCUT2D eigenvalue weighted by atomic mass is 9.90. The standard InChI is InChI=1S/C21H21F4N5O/c1-11-16(10-26-30-11)20(31)28-14-4-2-3-13(8-14)27-18-9-19(21(23,24)25)29-17-6-5-12(22)7-15(17)18/h5-7,9-10,13-14H,2-4,8H2,1H3,(H,26,30)(H,27,29)(H,28,31)/t13-,14+/m0/s1. The number of carbonyl (C=O) groups excluding carboxylic acids is 1. The van der Waals surface area contributed by atoms with Crippen molar-refractivity contribution < 1.29 is 22.4 Å². The molecule has 1 aliphatic rings. The number of amides is 1. The van der Waals surface area contributed by atoms with Crippen molar-refractivity contribution in [3.8, 4) is 0 Å². The van der Waals surface area contributed by atoms with Crippen molar-refractivity contribution in [2.24, 2.45) is 0 Å². The van der Waals surface area contributed by atoms with E-state index in [4.69, 9.17) is 0 Å². The Morgan fingerprint density at radius 1 is 1.19 bits per heavy atom. The molecule has 1 amide bonds. The zero-order valence-corrected chi connectivity index (χ0v) is 16.7. The van der Waals surface area contributed by atoms with Gasteiger partial charge >= 0.3 is 6.18 Å². The molecule has 6 nitrogen and oxygen atoms in total. The quantitative estimate of drug-likeness (QED) is 0.524. The molecule has 31 heavy (non-hydrogen) atoms. The number of aromatic nitrogens is 3. The van der Waals surface area contributed by atoms with Crippen LogP contribution >= 0.6 is 0 Å². The zero-order chi connectivity index (χ0) is 22.2. The van der Waals surface area contributed by atoms with E-state index >= 15 is 0 Å². The summed E-state index contributed by atoms with van der Waals surface area (Å²) in [6.07, 6.45) is -0.360. The van der Waals surface area contributed by atoms with Crippen molar-refractivity contribution in [1.29, 1.82) is 0 Å². The van der Waals surface area contributed by atoms with E-state index in [0.717, 1.165) is 31.4 Å². The first-order valence-corrected chi connectivity index (χ1v) is 9.95. The van der Waals surface area contributed by atoms with Gasteiger partial charge in [-0.05, 0) is 56.9 Å². The highest BCUT2D eigenvalue weighted by molar-refractivity contribution is 5.95. The molecule has 1 fully saturated rings. The number of H-pyrrole nitrogens is 1. The van der Waals surface area contributed by atoms with Crippen LogP contribution in [0.1, 0.15) is 47.4 Å². The average Bonchev–Trinajstić information content (AvgIpc) is 3.14. The molecule has 3 N–H and O–H groups in total. The largest absolute Gasteiger partial charge is 0.433 e. The van der Waals surface area contributed by atoms with Crippen molar-refractivity contribution in [3.05, 3.63) is 53.2 Å². The number of fused-ring (bicyclic) bond motifs is 1. The molecule has 0 saturated heterocycles. The fraction of sp³-hybridized carbons (Fsp3) is 0.381. The maximum atomic E-state index is 13.8. The summed E-state index contributed by atoms with van der Waals surface area (Å²) in [7, 11) is 0. The lowest BCUT2D eigenvalue weighted by Gasteiger charge is -2.31. The molecule has 10 heteroatoms. The van der Waals surface area contributed by atoms with Crippen LogP contribution in [0.5, 0.6) is 0 Å². The summed E-state index contributed by atoms with van der Waals surface area (Å²) in [6, 6.07) is 4.10. The molecule has 1 aromatic carbocycles. The monoisotopic (exact) mass is 435 g/mol. The normalized spacial score (nSPS) is 19.4. The lowest BCUT2D eigenvalue weighted by molar-refractivity contribution is -0.140. The number of hydrogen-bond acceptors (Lipinski definition) is 4. The topological polar surface area (TPSA) is 82.7 Å². The van der Waals surface area contributed by atoms with Crippen molar-refractivity contribution in [3.63, 3.8) is 0 Å². The number of benzene rings is 1. The Hall–Kier alpha value is -3.17. The number of anilines is 1. The maximum absolute atomic E-state index is 13.8. The molecule has 2 aromatic heterocycles. The molecule has 1 aliphatic carbocycles. The fourth-order valence-electron chi connectivity index (χ4n) is 3.98. The molecule has 2 atom stereocenters. The maximum Gasteiger partial charge on any atom is 0.433 e. The second kappa shape index (κ2) is 8.16. The Morgan fingerprint density at radius 3 is 2.68 bits per heavy atom. The van der Waals surface area contributed by atoms with E-state index in [1.165, 1.54) is 18.3 Å². The van der Waals surface area contributed by atoms with Crippen LogP contribution in [-0.4, -0.2) is 33.2 Å². The number of aryl methyl sites for hydroxylation is 1. The Labute approximate surface area is 175 Å². The highest BCUT2D eigenvalue weighted by atomic mass is 19.4. The van der Waals surface area contributed by atoms with E-state index in [1.54, 1.807) is 6.92 Å². The summed E-state index contributed by atoms with van der Waals surface area (Å²) in [5.41, 5.74) is 0.327. The van der Waals surface area contributed by atoms with Crippen LogP contribution in [0.15, 0.2) is 30.5 Å². The van der Waals surface area contributed by atoms with E-state index in [1.807, 2.05) is 0 Å². The minimum Gasteiger partial charge on any atom is -0.382 e. The number of hydrogen-bond donors (Lipinski definition) is 3. The van der Waals surface area contributed by atoms with Crippen LogP contribution in [-0.2, 0) is 6.18 Å². The van der Waals surface area contributed by atoms with Crippen LogP contribution in [0.2, 0.25) is 0 Å². The second-order valence-electron chi connectivity index (χ2n) is 7.80. The zero-order valence-electron chi connectivity index (χ0n) is 16.7. The molecule has 3 aromatic rings. The first-order valence-electron chi connectivity index (χ1n) is 9.95. The summed E-state index contributed by atoms with van der Waals surface area (Å²) >= 11 is 0. The molecular weight excluding hydrogens is 414 g/mol. The molecule has 0 unspecified atom stereocenters. The Bertz CT molecular complexity index is 1110. The average molecular weight is 435 g/mol. The van der Waals surface area contributed by atoms with Gasteiger partial charge in [-0.25, -0.2) is 9.37 Å². The molecule has 0 bridgehead atoms. The molecular formula is C21H21F4N5O. The number of halogens is 4. The predicted molar refractivity (Wildman–Crippen MR) is 107 cm³/mol. The van der Waals surface area contributed by atoms with Gasteiger partial charge in [-0.15, -0.1) is 0 Å². The molecule has 0 spiro atoms. The molecule has 4 rings (SSSR count). The number of carbonyl (C=O) groups is 1. The van der Waals surface area contributed by atoms with E-state index < -0.39 is 17.7 Å². The van der Waals surface area contributed by atoms with E-state index in [9.17, 15) is 22.4 Å². The van der Waals surface area contributed by atoms with Crippen LogP contribution in [0.25, 0.3) is 10.9 Å². The van der Waals surface area contributed by atoms with Crippen LogP contribution in [0, 0.1) is 12.7 Å². The van der Waals surface area contributed by atoms with E-state index in [-0.39, 0.29) is 34.6 Å². The summed E-state index contributed by atoms with van der Waals surface area (Å²) in [6.45, 7) is 1.75. The molecule has 0 aliphatic heterocycles. The first kappa shape index (κ1) is 21.1. The van der Waals surface area contributed by atoms with Gasteiger partial charge in [0.25, 0.3) is 5.91 Å². The Morgan fingerprint density at radius 2 is 1.97 bits per heavy atom. The minimum absolute atomic E-state index is 0.0646. The van der Waals surface area contributed by atoms with Gasteiger partial charge in [0.1, 0.15) is 11.5 Å². The summed E-state index contributed by atoms with van der Waals surface area (Å²) in [4.78, 5) is 16.1. The number of nitrogens with zero attached hydrogens (tertiary/aromatic N) is 2. The highest BCUT2D eigenvalue weighted by Crippen LogP contribution is 2.34. The van der Waals surface area contributed by atoms with Gasteiger partial charge in [0.05, 0.1) is 17.3 Å². The predicted octanol–water partition coefficient (Wildman–Crippen LogP) is 4.58. The summed E-state index contributed by atoms with van der Waals surface area (Å²) in [5.74, 6) is -0.797. The number of nitrogens with one attached hydrogen (secondary N) is 3. The van der Waals surface area contributed by atoms with E-state index in [0.29, 0.717) is 17.7 Å². The molecule has 0 radical (unpaired) electrons. The Balaban J connectivity index is 1.55. The van der Waals surface area contributed by atoms with Gasteiger partial charge in [0, 0.05) is 28.9 Å². The van der Waals surface area contributed by atoms with Gasteiger partial charge in [0.2, 0.25) is 0 Å². The van der Waals surface area contributed by atoms with Gasteiger partial charge in [-0.3, -0.25) is 9.89 Å². The van der Waals surface area contributed by atoms with Crippen molar-refractivity contribution >= 4 is 22.5 Å². The van der Waals surface area contributed by atoms with Crippen LogP contribution < -0.4 is 10.6 Å². The molecule has 164 valence electrons. The number of pyridine rings is 1. The fourth-order valence-corrected chi connectivity index (χ4v) is 3.98. The van der Waals surface area contributed by atoms with E-state index in [2.05, 4.69) is 25.8 Å².